The molecule has 138 valence electrons. The highest BCUT2D eigenvalue weighted by molar-refractivity contribution is 6.05. The number of carbonyl (C=O) groups excluding carboxylic acids is 2. The monoisotopic (exact) mass is 367 g/mol. The summed E-state index contributed by atoms with van der Waals surface area (Å²) in [6, 6.07) is 7.51. The van der Waals surface area contributed by atoms with Crippen LogP contribution in [0.4, 0.5) is 24.5 Å². The van der Waals surface area contributed by atoms with Crippen molar-refractivity contribution in [3.63, 3.8) is 0 Å². The first kappa shape index (κ1) is 19.2. The number of rotatable bonds is 5. The lowest BCUT2D eigenvalue weighted by atomic mass is 10.1. The molecule has 0 spiro atoms. The van der Waals surface area contributed by atoms with Crippen molar-refractivity contribution >= 4 is 23.2 Å². The number of anilines is 2. The number of hydrogen-bond donors (Lipinski definition) is 2. The molecular weight excluding hydrogens is 351 g/mol. The Kier molecular flexibility index (Phi) is 5.81. The molecule has 0 atom stereocenters. The maximum absolute atomic E-state index is 12.3. The molecule has 0 bridgehead atoms. The van der Waals surface area contributed by atoms with Crippen LogP contribution in [0.25, 0.3) is 0 Å². The lowest BCUT2D eigenvalue weighted by molar-refractivity contribution is -0.154. The van der Waals surface area contributed by atoms with E-state index in [9.17, 15) is 22.8 Å². The molecule has 1 aromatic carbocycles. The van der Waals surface area contributed by atoms with E-state index in [4.69, 9.17) is 0 Å². The number of carbonyl (C=O) groups is 2. The minimum absolute atomic E-state index is 0.147. The third kappa shape index (κ3) is 5.76. The van der Waals surface area contributed by atoms with Crippen molar-refractivity contribution in [2.45, 2.75) is 20.0 Å². The van der Waals surface area contributed by atoms with Gasteiger partial charge in [0.05, 0.1) is 5.56 Å². The maximum Gasteiger partial charge on any atom is 0.422 e. The summed E-state index contributed by atoms with van der Waals surface area (Å²) in [6.07, 6.45) is -3.35. The average molecular weight is 367 g/mol. The Morgan fingerprint density at radius 3 is 2.46 bits per heavy atom. The minimum Gasteiger partial charge on any atom is -0.468 e. The first-order valence-corrected chi connectivity index (χ1v) is 7.49. The summed E-state index contributed by atoms with van der Waals surface area (Å²) in [6.45, 7) is 1.69. The van der Waals surface area contributed by atoms with Crippen LogP contribution in [-0.2, 0) is 4.79 Å². The number of amides is 2. The van der Waals surface area contributed by atoms with Gasteiger partial charge in [-0.1, -0.05) is 6.07 Å². The van der Waals surface area contributed by atoms with Crippen LogP contribution in [0.2, 0.25) is 0 Å². The van der Waals surface area contributed by atoms with Gasteiger partial charge in [-0.05, 0) is 30.7 Å². The van der Waals surface area contributed by atoms with Crippen LogP contribution in [0, 0.1) is 6.92 Å². The fraction of sp³-hybridized carbons (Fsp3) is 0.235. The van der Waals surface area contributed by atoms with E-state index in [2.05, 4.69) is 20.4 Å². The minimum atomic E-state index is -4.46. The Bertz CT molecular complexity index is 805. The van der Waals surface area contributed by atoms with Gasteiger partial charge in [0.1, 0.15) is 0 Å². The molecule has 0 saturated carbocycles. The Balaban J connectivity index is 2.06. The molecule has 26 heavy (non-hydrogen) atoms. The Hall–Kier alpha value is -3.10. The highest BCUT2D eigenvalue weighted by Crippen LogP contribution is 2.22. The van der Waals surface area contributed by atoms with Crippen LogP contribution in [0.5, 0.6) is 5.88 Å². The summed E-state index contributed by atoms with van der Waals surface area (Å²) < 4.78 is 40.8. The standard InChI is InChI=1S/C17H16F3N3O3/c1-10-3-5-13(22-11(2)24)7-14(10)23-16(25)12-4-6-15(21-8-12)26-9-17(18,19)20/h3-8H,9H2,1-2H3,(H,22,24)(H,23,25). The number of alkyl halides is 3. The van der Waals surface area contributed by atoms with Gasteiger partial charge >= 0.3 is 6.18 Å². The SMILES string of the molecule is CC(=O)Nc1ccc(C)c(NC(=O)c2ccc(OCC(F)(F)F)nc2)c1. The number of aryl methyl sites for hydroxylation is 1. The first-order valence-electron chi connectivity index (χ1n) is 7.49. The summed E-state index contributed by atoms with van der Waals surface area (Å²) in [7, 11) is 0. The largest absolute Gasteiger partial charge is 0.468 e. The van der Waals surface area contributed by atoms with Crippen LogP contribution in [0.1, 0.15) is 22.8 Å². The van der Waals surface area contributed by atoms with Crippen molar-refractivity contribution in [1.29, 1.82) is 0 Å². The van der Waals surface area contributed by atoms with E-state index in [0.29, 0.717) is 11.4 Å². The molecule has 0 aliphatic rings. The zero-order chi connectivity index (χ0) is 19.3. The van der Waals surface area contributed by atoms with Crippen molar-refractivity contribution < 1.29 is 27.5 Å². The summed E-state index contributed by atoms with van der Waals surface area (Å²) >= 11 is 0. The van der Waals surface area contributed by atoms with Gasteiger partial charge in [-0.2, -0.15) is 13.2 Å². The summed E-state index contributed by atoms with van der Waals surface area (Å²) in [4.78, 5) is 27.1. The lowest BCUT2D eigenvalue weighted by Gasteiger charge is -2.11. The number of nitrogens with zero attached hydrogens (tertiary/aromatic N) is 1. The highest BCUT2D eigenvalue weighted by Gasteiger charge is 2.28. The molecule has 0 fully saturated rings. The van der Waals surface area contributed by atoms with E-state index in [1.807, 2.05) is 0 Å². The predicted molar refractivity (Wildman–Crippen MR) is 89.2 cm³/mol. The zero-order valence-corrected chi connectivity index (χ0v) is 14.0. The fourth-order valence-corrected chi connectivity index (χ4v) is 1.99. The van der Waals surface area contributed by atoms with E-state index in [-0.39, 0.29) is 17.4 Å². The molecule has 0 saturated heterocycles. The van der Waals surface area contributed by atoms with Crippen LogP contribution in [-0.4, -0.2) is 29.6 Å². The van der Waals surface area contributed by atoms with Gasteiger partial charge in [0.15, 0.2) is 6.61 Å². The zero-order valence-electron chi connectivity index (χ0n) is 14.0. The third-order valence-electron chi connectivity index (χ3n) is 3.19. The smallest absolute Gasteiger partial charge is 0.422 e. The third-order valence-corrected chi connectivity index (χ3v) is 3.19. The van der Waals surface area contributed by atoms with Gasteiger partial charge in [0, 0.05) is 30.6 Å². The second-order valence-corrected chi connectivity index (χ2v) is 5.45. The topological polar surface area (TPSA) is 80.3 Å². The van der Waals surface area contributed by atoms with Crippen molar-refractivity contribution in [2.75, 3.05) is 17.2 Å². The van der Waals surface area contributed by atoms with Gasteiger partial charge in [0.25, 0.3) is 5.91 Å². The number of halogens is 3. The summed E-state index contributed by atoms with van der Waals surface area (Å²) in [5.41, 5.74) is 1.92. The van der Waals surface area contributed by atoms with Crippen LogP contribution in [0.15, 0.2) is 36.5 Å². The number of nitrogens with one attached hydrogen (secondary N) is 2. The van der Waals surface area contributed by atoms with E-state index >= 15 is 0 Å². The van der Waals surface area contributed by atoms with Crippen LogP contribution in [0.3, 0.4) is 0 Å². The Labute approximate surface area is 147 Å². The second kappa shape index (κ2) is 7.85. The molecule has 0 aliphatic heterocycles. The number of hydrogen-bond acceptors (Lipinski definition) is 4. The molecule has 2 rings (SSSR count). The van der Waals surface area contributed by atoms with Gasteiger partial charge in [0.2, 0.25) is 11.8 Å². The quantitative estimate of drug-likeness (QED) is 0.847. The Morgan fingerprint density at radius 2 is 1.88 bits per heavy atom. The van der Waals surface area contributed by atoms with Gasteiger partial charge in [-0.15, -0.1) is 0 Å². The van der Waals surface area contributed by atoms with E-state index in [1.54, 1.807) is 25.1 Å². The van der Waals surface area contributed by atoms with E-state index in [0.717, 1.165) is 11.8 Å². The number of pyridine rings is 1. The molecule has 2 aromatic rings. The van der Waals surface area contributed by atoms with Crippen LogP contribution >= 0.6 is 0 Å². The van der Waals surface area contributed by atoms with Crippen molar-refractivity contribution in [3.8, 4) is 5.88 Å². The van der Waals surface area contributed by atoms with E-state index in [1.165, 1.54) is 19.1 Å². The fourth-order valence-electron chi connectivity index (χ4n) is 1.99. The lowest BCUT2D eigenvalue weighted by Crippen LogP contribution is -2.20. The molecule has 0 unspecified atom stereocenters. The maximum atomic E-state index is 12.3. The second-order valence-electron chi connectivity index (χ2n) is 5.45. The van der Waals surface area contributed by atoms with E-state index < -0.39 is 18.7 Å². The first-order chi connectivity index (χ1) is 12.1. The molecule has 0 radical (unpaired) electrons. The molecule has 6 nitrogen and oxygen atoms in total. The molecule has 2 N–H and O–H groups in total. The number of benzene rings is 1. The predicted octanol–water partition coefficient (Wildman–Crippen LogP) is 3.54. The van der Waals surface area contributed by atoms with Gasteiger partial charge in [-0.25, -0.2) is 4.98 Å². The van der Waals surface area contributed by atoms with Crippen molar-refractivity contribution in [1.82, 2.24) is 4.98 Å². The number of aromatic nitrogens is 1. The molecular formula is C17H16F3N3O3. The summed E-state index contributed by atoms with van der Waals surface area (Å²) in [5.74, 6) is -0.976. The molecule has 2 amide bonds. The molecule has 9 heteroatoms. The highest BCUT2D eigenvalue weighted by atomic mass is 19.4. The number of ether oxygens (including phenoxy) is 1. The molecule has 1 heterocycles. The van der Waals surface area contributed by atoms with Crippen LogP contribution < -0.4 is 15.4 Å². The van der Waals surface area contributed by atoms with Crippen molar-refractivity contribution in [2.24, 2.45) is 0 Å². The van der Waals surface area contributed by atoms with Gasteiger partial charge < -0.3 is 15.4 Å². The van der Waals surface area contributed by atoms with Crippen molar-refractivity contribution in [3.05, 3.63) is 47.7 Å². The normalized spacial score (nSPS) is 11.0. The Morgan fingerprint density at radius 1 is 1.15 bits per heavy atom. The molecule has 0 aliphatic carbocycles. The average Bonchev–Trinajstić information content (AvgIpc) is 2.55. The molecule has 1 aromatic heterocycles. The summed E-state index contributed by atoms with van der Waals surface area (Å²) in [5, 5.41) is 5.27. The van der Waals surface area contributed by atoms with Gasteiger partial charge in [-0.3, -0.25) is 9.59 Å².